The number of aromatic nitrogens is 4. The van der Waals surface area contributed by atoms with E-state index in [9.17, 15) is 4.79 Å². The third-order valence-electron chi connectivity index (χ3n) is 4.19. The van der Waals surface area contributed by atoms with Gasteiger partial charge in [0.1, 0.15) is 11.8 Å². The minimum Gasteiger partial charge on any atom is -0.346 e. The van der Waals surface area contributed by atoms with Gasteiger partial charge in [0.2, 0.25) is 0 Å². The molecule has 0 aliphatic heterocycles. The van der Waals surface area contributed by atoms with E-state index in [0.29, 0.717) is 22.8 Å². The molecule has 0 saturated carbocycles. The SMILES string of the molecule is CC(Cn1ccc(-c2ccc(C#N)c(Cl)c2)n1)NC(=O)c1cn2ccsc2n1. The van der Waals surface area contributed by atoms with E-state index in [1.165, 1.54) is 11.3 Å². The van der Waals surface area contributed by atoms with Gasteiger partial charge in [-0.05, 0) is 25.1 Å². The second kappa shape index (κ2) is 7.46. The summed E-state index contributed by atoms with van der Waals surface area (Å²) < 4.78 is 3.59. The third kappa shape index (κ3) is 3.63. The summed E-state index contributed by atoms with van der Waals surface area (Å²) in [7, 11) is 0. The zero-order chi connectivity index (χ0) is 19.7. The van der Waals surface area contributed by atoms with Gasteiger partial charge in [-0.3, -0.25) is 13.9 Å². The number of carbonyl (C=O) groups is 1. The Morgan fingerprint density at radius 2 is 2.25 bits per heavy atom. The number of fused-ring (bicyclic) bond motifs is 1. The van der Waals surface area contributed by atoms with E-state index in [4.69, 9.17) is 16.9 Å². The summed E-state index contributed by atoms with van der Waals surface area (Å²) in [6.07, 6.45) is 5.43. The lowest BCUT2D eigenvalue weighted by molar-refractivity contribution is 0.0931. The number of imidazole rings is 1. The molecule has 1 aromatic carbocycles. The minimum absolute atomic E-state index is 0.135. The first-order chi connectivity index (χ1) is 13.5. The van der Waals surface area contributed by atoms with Gasteiger partial charge in [-0.1, -0.05) is 17.7 Å². The molecule has 0 bridgehead atoms. The number of nitrogens with zero attached hydrogens (tertiary/aromatic N) is 5. The molecule has 4 aromatic rings. The van der Waals surface area contributed by atoms with Crippen molar-refractivity contribution >= 4 is 33.8 Å². The van der Waals surface area contributed by atoms with Gasteiger partial charge >= 0.3 is 0 Å². The van der Waals surface area contributed by atoms with Gasteiger partial charge in [0, 0.05) is 35.6 Å². The van der Waals surface area contributed by atoms with Crippen LogP contribution in [0.5, 0.6) is 0 Å². The molecule has 0 radical (unpaired) electrons. The Labute approximate surface area is 169 Å². The summed E-state index contributed by atoms with van der Waals surface area (Å²) in [5.41, 5.74) is 2.41. The summed E-state index contributed by atoms with van der Waals surface area (Å²) in [4.78, 5) is 17.5. The molecule has 3 heterocycles. The van der Waals surface area contributed by atoms with Gasteiger partial charge in [-0.15, -0.1) is 11.3 Å². The molecule has 0 spiro atoms. The van der Waals surface area contributed by atoms with E-state index < -0.39 is 0 Å². The first-order valence-electron chi connectivity index (χ1n) is 8.50. The van der Waals surface area contributed by atoms with Gasteiger partial charge < -0.3 is 5.32 Å². The molecule has 3 aromatic heterocycles. The standard InChI is InChI=1S/C19H15ClN6OS/c1-12(22-18(27)17-11-25-6-7-28-19(25)23-17)10-26-5-4-16(24-26)13-2-3-14(9-21)15(20)8-13/h2-8,11-12H,10H2,1H3,(H,22,27). The van der Waals surface area contributed by atoms with Crippen LogP contribution in [0.25, 0.3) is 16.2 Å². The van der Waals surface area contributed by atoms with E-state index in [0.717, 1.165) is 16.2 Å². The van der Waals surface area contributed by atoms with Crippen molar-refractivity contribution in [2.24, 2.45) is 0 Å². The fourth-order valence-electron chi connectivity index (χ4n) is 2.84. The van der Waals surface area contributed by atoms with Crippen LogP contribution in [0.4, 0.5) is 0 Å². The van der Waals surface area contributed by atoms with Crippen molar-refractivity contribution in [2.75, 3.05) is 0 Å². The number of benzene rings is 1. The highest BCUT2D eigenvalue weighted by Gasteiger charge is 2.15. The van der Waals surface area contributed by atoms with Crippen LogP contribution in [0.2, 0.25) is 5.02 Å². The zero-order valence-corrected chi connectivity index (χ0v) is 16.4. The predicted octanol–water partition coefficient (Wildman–Crippen LogP) is 3.60. The molecule has 1 unspecified atom stereocenters. The first kappa shape index (κ1) is 18.2. The molecule has 0 aliphatic carbocycles. The van der Waals surface area contributed by atoms with Crippen molar-refractivity contribution in [1.82, 2.24) is 24.5 Å². The number of hydrogen-bond acceptors (Lipinski definition) is 5. The fraction of sp³-hybridized carbons (Fsp3) is 0.158. The number of carbonyl (C=O) groups excluding carboxylic acids is 1. The van der Waals surface area contributed by atoms with Crippen molar-refractivity contribution in [2.45, 2.75) is 19.5 Å². The highest BCUT2D eigenvalue weighted by atomic mass is 35.5. The Kier molecular flexibility index (Phi) is 4.86. The van der Waals surface area contributed by atoms with Gasteiger partial charge in [-0.2, -0.15) is 10.4 Å². The van der Waals surface area contributed by atoms with Crippen LogP contribution in [-0.2, 0) is 6.54 Å². The maximum Gasteiger partial charge on any atom is 0.271 e. The van der Waals surface area contributed by atoms with Gasteiger partial charge in [-0.25, -0.2) is 4.98 Å². The monoisotopic (exact) mass is 410 g/mol. The molecule has 0 saturated heterocycles. The van der Waals surface area contributed by atoms with Gasteiger partial charge in [0.25, 0.3) is 5.91 Å². The Morgan fingerprint density at radius 1 is 1.39 bits per heavy atom. The van der Waals surface area contributed by atoms with Crippen molar-refractivity contribution < 1.29 is 4.79 Å². The maximum atomic E-state index is 12.4. The van der Waals surface area contributed by atoms with Crippen molar-refractivity contribution in [1.29, 1.82) is 5.26 Å². The first-order valence-corrected chi connectivity index (χ1v) is 9.76. The van der Waals surface area contributed by atoms with Crippen molar-refractivity contribution in [3.05, 3.63) is 64.5 Å². The minimum atomic E-state index is -0.213. The summed E-state index contributed by atoms with van der Waals surface area (Å²) in [5, 5.41) is 18.8. The van der Waals surface area contributed by atoms with Crippen LogP contribution in [-0.4, -0.2) is 31.1 Å². The Balaban J connectivity index is 1.41. The second-order valence-corrected chi connectivity index (χ2v) is 7.60. The Morgan fingerprint density at radius 3 is 3.00 bits per heavy atom. The van der Waals surface area contributed by atoms with Crippen LogP contribution in [0.15, 0.2) is 48.2 Å². The lowest BCUT2D eigenvalue weighted by Gasteiger charge is -2.13. The molecule has 1 amide bonds. The zero-order valence-electron chi connectivity index (χ0n) is 14.8. The summed E-state index contributed by atoms with van der Waals surface area (Å²) in [6, 6.07) is 8.99. The van der Waals surface area contributed by atoms with Crippen LogP contribution in [0, 0.1) is 11.3 Å². The van der Waals surface area contributed by atoms with E-state index in [1.807, 2.05) is 47.3 Å². The Hall–Kier alpha value is -3.15. The number of thiazole rings is 1. The number of nitrogens with one attached hydrogen (secondary N) is 1. The molecule has 7 nitrogen and oxygen atoms in total. The molecule has 4 rings (SSSR count). The van der Waals surface area contributed by atoms with Crippen molar-refractivity contribution in [3.8, 4) is 17.3 Å². The quantitative estimate of drug-likeness (QED) is 0.544. The van der Waals surface area contributed by atoms with Crippen molar-refractivity contribution in [3.63, 3.8) is 0 Å². The number of halogens is 1. The van der Waals surface area contributed by atoms with Gasteiger partial charge in [0.05, 0.1) is 22.8 Å². The highest BCUT2D eigenvalue weighted by molar-refractivity contribution is 7.15. The lowest BCUT2D eigenvalue weighted by atomic mass is 10.1. The fourth-order valence-corrected chi connectivity index (χ4v) is 3.77. The second-order valence-electron chi connectivity index (χ2n) is 6.32. The Bertz CT molecular complexity index is 1170. The number of hydrogen-bond donors (Lipinski definition) is 1. The summed E-state index contributed by atoms with van der Waals surface area (Å²) in [6.45, 7) is 2.42. The van der Waals surface area contributed by atoms with E-state index >= 15 is 0 Å². The summed E-state index contributed by atoms with van der Waals surface area (Å²) >= 11 is 7.58. The molecule has 0 fully saturated rings. The van der Waals surface area contributed by atoms with Crippen LogP contribution in [0.3, 0.4) is 0 Å². The van der Waals surface area contributed by atoms with Gasteiger partial charge in [0.15, 0.2) is 4.96 Å². The molecule has 9 heteroatoms. The maximum absolute atomic E-state index is 12.4. The number of rotatable bonds is 5. The third-order valence-corrected chi connectivity index (χ3v) is 5.27. The molecule has 28 heavy (non-hydrogen) atoms. The van der Waals surface area contributed by atoms with Crippen LogP contribution >= 0.6 is 22.9 Å². The average Bonchev–Trinajstić information content (AvgIpc) is 3.37. The molecular formula is C19H15ClN6OS. The highest BCUT2D eigenvalue weighted by Crippen LogP contribution is 2.24. The predicted molar refractivity (Wildman–Crippen MR) is 107 cm³/mol. The van der Waals surface area contributed by atoms with Crippen LogP contribution in [0.1, 0.15) is 23.0 Å². The average molecular weight is 411 g/mol. The molecular weight excluding hydrogens is 396 g/mol. The van der Waals surface area contributed by atoms with E-state index in [-0.39, 0.29) is 11.9 Å². The largest absolute Gasteiger partial charge is 0.346 e. The molecule has 140 valence electrons. The summed E-state index contributed by atoms with van der Waals surface area (Å²) in [5.74, 6) is -0.213. The molecule has 0 aliphatic rings. The lowest BCUT2D eigenvalue weighted by Crippen LogP contribution is -2.36. The number of amides is 1. The topological polar surface area (TPSA) is 88.0 Å². The molecule has 1 N–H and O–H groups in total. The molecule has 1 atom stereocenters. The van der Waals surface area contributed by atoms with E-state index in [2.05, 4.69) is 15.4 Å². The smallest absolute Gasteiger partial charge is 0.271 e. The van der Waals surface area contributed by atoms with E-state index in [1.54, 1.807) is 23.0 Å². The normalized spacial score (nSPS) is 12.0. The number of nitriles is 1. The van der Waals surface area contributed by atoms with Crippen LogP contribution < -0.4 is 5.32 Å².